The zero-order valence-corrected chi connectivity index (χ0v) is 14.2. The van der Waals surface area contributed by atoms with E-state index >= 15 is 0 Å². The van der Waals surface area contributed by atoms with Crippen LogP contribution in [-0.2, 0) is 6.54 Å². The minimum Gasteiger partial charge on any atom is -0.348 e. The monoisotopic (exact) mass is 339 g/mol. The molecule has 0 aliphatic heterocycles. The van der Waals surface area contributed by atoms with Crippen molar-refractivity contribution in [2.24, 2.45) is 0 Å². The summed E-state index contributed by atoms with van der Waals surface area (Å²) in [5, 5.41) is 5.82. The highest BCUT2D eigenvalue weighted by Crippen LogP contribution is 2.21. The number of hydrogen-bond acceptors (Lipinski definition) is 4. The number of H-pyrrole nitrogens is 1. The molecule has 0 atom stereocenters. The summed E-state index contributed by atoms with van der Waals surface area (Å²) < 4.78 is 0. The number of pyridine rings is 1. The zero-order chi connectivity index (χ0) is 17.1. The van der Waals surface area contributed by atoms with Crippen molar-refractivity contribution in [2.45, 2.75) is 20.4 Å². The van der Waals surface area contributed by atoms with Gasteiger partial charge in [0.1, 0.15) is 5.56 Å². The van der Waals surface area contributed by atoms with Crippen LogP contribution in [0.2, 0.25) is 0 Å². The lowest BCUT2D eigenvalue weighted by Crippen LogP contribution is -2.29. The minimum absolute atomic E-state index is 0.121. The van der Waals surface area contributed by atoms with Crippen molar-refractivity contribution in [2.75, 3.05) is 0 Å². The van der Waals surface area contributed by atoms with Gasteiger partial charge in [0.2, 0.25) is 0 Å². The summed E-state index contributed by atoms with van der Waals surface area (Å²) >= 11 is 1.62. The first kappa shape index (κ1) is 16.1. The molecule has 0 bridgehead atoms. The van der Waals surface area contributed by atoms with E-state index in [0.29, 0.717) is 6.54 Å². The quantitative estimate of drug-likeness (QED) is 0.767. The Morgan fingerprint density at radius 2 is 1.92 bits per heavy atom. The van der Waals surface area contributed by atoms with Crippen molar-refractivity contribution in [3.8, 4) is 11.3 Å². The highest BCUT2D eigenvalue weighted by molar-refractivity contribution is 7.09. The fraction of sp³-hybridized carbons (Fsp3) is 0.167. The third kappa shape index (κ3) is 3.60. The third-order valence-electron chi connectivity index (χ3n) is 3.62. The Balaban J connectivity index is 1.66. The molecule has 0 saturated carbocycles. The van der Waals surface area contributed by atoms with Crippen molar-refractivity contribution in [3.05, 3.63) is 74.0 Å². The second-order valence-electron chi connectivity index (χ2n) is 5.52. The summed E-state index contributed by atoms with van der Waals surface area (Å²) in [6, 6.07) is 11.1. The SMILES string of the molecule is Cc1ccc(C(=O)NCc2ccc(-c3csc(C)n3)cc2)c(=O)[nH]1. The summed E-state index contributed by atoms with van der Waals surface area (Å²) in [5.74, 6) is -0.379. The van der Waals surface area contributed by atoms with Crippen LogP contribution in [0.25, 0.3) is 11.3 Å². The van der Waals surface area contributed by atoms with Gasteiger partial charge in [-0.05, 0) is 31.5 Å². The van der Waals surface area contributed by atoms with Gasteiger partial charge in [0.05, 0.1) is 10.7 Å². The van der Waals surface area contributed by atoms with Gasteiger partial charge in [-0.15, -0.1) is 11.3 Å². The molecule has 2 heterocycles. The molecule has 2 aromatic heterocycles. The van der Waals surface area contributed by atoms with Crippen LogP contribution < -0.4 is 10.9 Å². The predicted octanol–water partition coefficient (Wildman–Crippen LogP) is 3.05. The topological polar surface area (TPSA) is 74.8 Å². The van der Waals surface area contributed by atoms with E-state index in [1.165, 1.54) is 6.07 Å². The van der Waals surface area contributed by atoms with Gasteiger partial charge in [0.25, 0.3) is 11.5 Å². The second kappa shape index (κ2) is 6.80. The van der Waals surface area contributed by atoms with E-state index in [0.717, 1.165) is 27.5 Å². The van der Waals surface area contributed by atoms with Gasteiger partial charge in [-0.1, -0.05) is 24.3 Å². The first-order chi connectivity index (χ1) is 11.5. The van der Waals surface area contributed by atoms with Crippen LogP contribution in [0, 0.1) is 13.8 Å². The molecule has 1 aromatic carbocycles. The molecule has 0 saturated heterocycles. The van der Waals surface area contributed by atoms with Gasteiger partial charge < -0.3 is 10.3 Å². The maximum Gasteiger partial charge on any atom is 0.260 e. The molecule has 3 aromatic rings. The highest BCUT2D eigenvalue weighted by Gasteiger charge is 2.10. The Hall–Kier alpha value is -2.73. The average Bonchev–Trinajstić information content (AvgIpc) is 2.99. The first-order valence-electron chi connectivity index (χ1n) is 7.52. The van der Waals surface area contributed by atoms with E-state index in [1.807, 2.05) is 36.6 Å². The molecule has 0 fully saturated rings. The molecule has 0 aliphatic rings. The van der Waals surface area contributed by atoms with Gasteiger partial charge in [-0.3, -0.25) is 9.59 Å². The smallest absolute Gasteiger partial charge is 0.260 e. The Kier molecular flexibility index (Phi) is 4.57. The Morgan fingerprint density at radius 1 is 1.17 bits per heavy atom. The van der Waals surface area contributed by atoms with Gasteiger partial charge in [-0.25, -0.2) is 4.98 Å². The Labute approximate surface area is 143 Å². The number of nitrogens with zero attached hydrogens (tertiary/aromatic N) is 1. The van der Waals surface area contributed by atoms with Crippen LogP contribution >= 0.6 is 11.3 Å². The van der Waals surface area contributed by atoms with Crippen molar-refractivity contribution in [1.82, 2.24) is 15.3 Å². The molecule has 0 unspecified atom stereocenters. The molecular weight excluding hydrogens is 322 g/mol. The average molecular weight is 339 g/mol. The predicted molar refractivity (Wildman–Crippen MR) is 95.3 cm³/mol. The number of thiazole rings is 1. The highest BCUT2D eigenvalue weighted by atomic mass is 32.1. The molecule has 122 valence electrons. The normalized spacial score (nSPS) is 10.6. The van der Waals surface area contributed by atoms with Crippen LogP contribution in [-0.4, -0.2) is 15.9 Å². The van der Waals surface area contributed by atoms with Crippen molar-refractivity contribution in [1.29, 1.82) is 0 Å². The minimum atomic E-state index is -0.379. The lowest BCUT2D eigenvalue weighted by molar-refractivity contribution is 0.0949. The lowest BCUT2D eigenvalue weighted by atomic mass is 10.1. The summed E-state index contributed by atoms with van der Waals surface area (Å²) in [6.07, 6.45) is 0. The summed E-state index contributed by atoms with van der Waals surface area (Å²) in [6.45, 7) is 4.11. The number of hydrogen-bond donors (Lipinski definition) is 2. The van der Waals surface area contributed by atoms with Gasteiger partial charge >= 0.3 is 0 Å². The third-order valence-corrected chi connectivity index (χ3v) is 4.40. The number of rotatable bonds is 4. The number of aromatic amines is 1. The Morgan fingerprint density at radius 3 is 2.54 bits per heavy atom. The standard InChI is InChI=1S/C18H17N3O2S/c1-11-3-8-15(18(23)20-11)17(22)19-9-13-4-6-14(7-5-13)16-10-24-12(2)21-16/h3-8,10H,9H2,1-2H3,(H,19,22)(H,20,23). The molecule has 6 heteroatoms. The van der Waals surface area contributed by atoms with E-state index in [2.05, 4.69) is 15.3 Å². The molecule has 0 spiro atoms. The number of carbonyl (C=O) groups is 1. The molecule has 0 aliphatic carbocycles. The van der Waals surface area contributed by atoms with Crippen LogP contribution in [0.3, 0.4) is 0 Å². The lowest BCUT2D eigenvalue weighted by Gasteiger charge is -2.06. The number of amides is 1. The van der Waals surface area contributed by atoms with Gasteiger partial charge in [-0.2, -0.15) is 0 Å². The van der Waals surface area contributed by atoms with Gasteiger partial charge in [0.15, 0.2) is 0 Å². The van der Waals surface area contributed by atoms with Crippen LogP contribution in [0.15, 0.2) is 46.6 Å². The number of aryl methyl sites for hydroxylation is 2. The first-order valence-corrected chi connectivity index (χ1v) is 8.40. The molecule has 5 nitrogen and oxygen atoms in total. The van der Waals surface area contributed by atoms with E-state index in [-0.39, 0.29) is 17.0 Å². The fourth-order valence-electron chi connectivity index (χ4n) is 2.32. The number of benzene rings is 1. The number of nitrogens with one attached hydrogen (secondary N) is 2. The van der Waals surface area contributed by atoms with Gasteiger partial charge in [0, 0.05) is 23.2 Å². The zero-order valence-electron chi connectivity index (χ0n) is 13.4. The molecule has 1 amide bonds. The summed E-state index contributed by atoms with van der Waals surface area (Å²) in [4.78, 5) is 31.0. The Bertz CT molecular complexity index is 926. The maximum absolute atomic E-state index is 12.1. The molecule has 24 heavy (non-hydrogen) atoms. The molecule has 3 rings (SSSR count). The summed E-state index contributed by atoms with van der Waals surface area (Å²) in [7, 11) is 0. The van der Waals surface area contributed by atoms with E-state index < -0.39 is 0 Å². The van der Waals surface area contributed by atoms with Crippen molar-refractivity contribution in [3.63, 3.8) is 0 Å². The number of aromatic nitrogens is 2. The van der Waals surface area contributed by atoms with Crippen LogP contribution in [0.1, 0.15) is 26.6 Å². The van der Waals surface area contributed by atoms with Crippen LogP contribution in [0.4, 0.5) is 0 Å². The maximum atomic E-state index is 12.1. The summed E-state index contributed by atoms with van der Waals surface area (Å²) in [5.41, 5.74) is 3.44. The fourth-order valence-corrected chi connectivity index (χ4v) is 2.94. The molecular formula is C18H17N3O2S. The van der Waals surface area contributed by atoms with Crippen LogP contribution in [0.5, 0.6) is 0 Å². The van der Waals surface area contributed by atoms with E-state index in [4.69, 9.17) is 0 Å². The molecule has 0 radical (unpaired) electrons. The van der Waals surface area contributed by atoms with Crippen molar-refractivity contribution >= 4 is 17.2 Å². The van der Waals surface area contributed by atoms with E-state index in [1.54, 1.807) is 24.3 Å². The van der Waals surface area contributed by atoms with Crippen molar-refractivity contribution < 1.29 is 4.79 Å². The second-order valence-corrected chi connectivity index (χ2v) is 6.58. The number of carbonyl (C=O) groups excluding carboxylic acids is 1. The molecule has 2 N–H and O–H groups in total. The van der Waals surface area contributed by atoms with E-state index in [9.17, 15) is 9.59 Å². The largest absolute Gasteiger partial charge is 0.348 e.